The minimum absolute atomic E-state index is 0.300. The van der Waals surface area contributed by atoms with Crippen LogP contribution in [0, 0.1) is 6.92 Å². The molecule has 0 amide bonds. The Labute approximate surface area is 162 Å². The standard InChI is InChI=1S/C18H20N2O3.2C2H6/c1-7-11(2)13-10-14-12(3)19-9-8-15(14)20(16(13)21)17(22)23-18(4,5)6;2*1-2/h7-10H,1-2H2,3-6H3;2*1-2H3. The Balaban J connectivity index is 0.00000158. The first-order valence-electron chi connectivity index (χ1n) is 9.22. The summed E-state index contributed by atoms with van der Waals surface area (Å²) < 4.78 is 6.40. The lowest BCUT2D eigenvalue weighted by Gasteiger charge is -2.21. The molecule has 5 nitrogen and oxygen atoms in total. The molecule has 27 heavy (non-hydrogen) atoms. The van der Waals surface area contributed by atoms with Gasteiger partial charge in [-0.1, -0.05) is 46.9 Å². The van der Waals surface area contributed by atoms with Crippen molar-refractivity contribution in [2.24, 2.45) is 0 Å². The minimum Gasteiger partial charge on any atom is -0.443 e. The van der Waals surface area contributed by atoms with Gasteiger partial charge in [0, 0.05) is 22.8 Å². The van der Waals surface area contributed by atoms with Gasteiger partial charge in [0.25, 0.3) is 5.56 Å². The highest BCUT2D eigenvalue weighted by Gasteiger charge is 2.22. The SMILES string of the molecule is C=CC(=C)c1cc2c(C)nccc2n(C(=O)OC(C)(C)C)c1=O.CC.CC. The summed E-state index contributed by atoms with van der Waals surface area (Å²) in [4.78, 5) is 29.5. The van der Waals surface area contributed by atoms with E-state index in [9.17, 15) is 9.59 Å². The van der Waals surface area contributed by atoms with E-state index in [4.69, 9.17) is 4.74 Å². The van der Waals surface area contributed by atoms with E-state index in [-0.39, 0.29) is 0 Å². The van der Waals surface area contributed by atoms with Gasteiger partial charge in [-0.15, -0.1) is 0 Å². The molecule has 2 aromatic rings. The van der Waals surface area contributed by atoms with Gasteiger partial charge in [-0.05, 0) is 45.4 Å². The zero-order chi connectivity index (χ0) is 21.4. The van der Waals surface area contributed by atoms with Crippen LogP contribution in [0.15, 0.2) is 42.4 Å². The topological polar surface area (TPSA) is 61.2 Å². The third kappa shape index (κ3) is 5.91. The second-order valence-corrected chi connectivity index (χ2v) is 6.24. The lowest BCUT2D eigenvalue weighted by Crippen LogP contribution is -2.35. The van der Waals surface area contributed by atoms with Gasteiger partial charge >= 0.3 is 6.09 Å². The number of pyridine rings is 2. The number of aryl methyl sites for hydroxylation is 1. The Hall–Kier alpha value is -2.69. The summed E-state index contributed by atoms with van der Waals surface area (Å²) in [6.07, 6.45) is 2.31. The second kappa shape index (κ2) is 10.5. The van der Waals surface area contributed by atoms with Gasteiger partial charge < -0.3 is 4.74 Å². The lowest BCUT2D eigenvalue weighted by atomic mass is 10.1. The highest BCUT2D eigenvalue weighted by molar-refractivity contribution is 5.92. The summed E-state index contributed by atoms with van der Waals surface area (Å²) in [5, 5.41) is 0.691. The number of ether oxygens (including phenoxy) is 1. The summed E-state index contributed by atoms with van der Waals surface area (Å²) in [6, 6.07) is 3.30. The first-order chi connectivity index (χ1) is 12.7. The Morgan fingerprint density at radius 2 is 1.78 bits per heavy atom. The first-order valence-corrected chi connectivity index (χ1v) is 9.22. The smallest absolute Gasteiger partial charge is 0.422 e. The molecule has 0 saturated heterocycles. The molecule has 0 saturated carbocycles. The molecule has 5 heteroatoms. The van der Waals surface area contributed by atoms with Crippen LogP contribution in [0.1, 0.15) is 59.7 Å². The molecule has 0 aliphatic rings. The van der Waals surface area contributed by atoms with E-state index in [2.05, 4.69) is 18.1 Å². The van der Waals surface area contributed by atoms with Crippen LogP contribution in [0.3, 0.4) is 0 Å². The Morgan fingerprint density at radius 1 is 1.22 bits per heavy atom. The van der Waals surface area contributed by atoms with E-state index in [0.29, 0.717) is 27.7 Å². The molecule has 2 rings (SSSR count). The van der Waals surface area contributed by atoms with Gasteiger partial charge in [-0.3, -0.25) is 9.78 Å². The van der Waals surface area contributed by atoms with Gasteiger partial charge in [-0.2, -0.15) is 0 Å². The lowest BCUT2D eigenvalue weighted by molar-refractivity contribution is 0.0538. The number of nitrogens with zero attached hydrogens (tertiary/aromatic N) is 2. The van der Waals surface area contributed by atoms with Gasteiger partial charge in [0.15, 0.2) is 0 Å². The van der Waals surface area contributed by atoms with Crippen molar-refractivity contribution in [3.63, 3.8) is 0 Å². The van der Waals surface area contributed by atoms with E-state index < -0.39 is 17.3 Å². The third-order valence-corrected chi connectivity index (χ3v) is 3.30. The number of carbonyl (C=O) groups excluding carboxylic acids is 1. The van der Waals surface area contributed by atoms with E-state index in [0.717, 1.165) is 4.57 Å². The Morgan fingerprint density at radius 3 is 2.26 bits per heavy atom. The number of hydrogen-bond acceptors (Lipinski definition) is 4. The molecule has 148 valence electrons. The molecule has 0 aromatic carbocycles. The zero-order valence-electron chi connectivity index (χ0n) is 17.8. The summed E-state index contributed by atoms with van der Waals surface area (Å²) in [5.41, 5.74) is 0.709. The molecule has 0 unspecified atom stereocenters. The average molecular weight is 373 g/mol. The van der Waals surface area contributed by atoms with Gasteiger partial charge in [0.1, 0.15) is 5.60 Å². The maximum Gasteiger partial charge on any atom is 0.422 e. The maximum atomic E-state index is 12.8. The van der Waals surface area contributed by atoms with Crippen LogP contribution in [0.4, 0.5) is 4.79 Å². The molecule has 2 heterocycles. The summed E-state index contributed by atoms with van der Waals surface area (Å²) >= 11 is 0. The summed E-state index contributed by atoms with van der Waals surface area (Å²) in [5.74, 6) is 0. The van der Waals surface area contributed by atoms with Gasteiger partial charge in [0.2, 0.25) is 0 Å². The van der Waals surface area contributed by atoms with Crippen LogP contribution < -0.4 is 5.56 Å². The number of allylic oxidation sites excluding steroid dienone is 2. The number of fused-ring (bicyclic) bond motifs is 1. The Bertz CT molecular complexity index is 871. The Kier molecular flexibility index (Phi) is 9.41. The molecule has 0 aliphatic heterocycles. The van der Waals surface area contributed by atoms with Gasteiger partial charge in [0.05, 0.1) is 5.52 Å². The van der Waals surface area contributed by atoms with Crippen molar-refractivity contribution in [2.75, 3.05) is 0 Å². The number of aromatic nitrogens is 2. The van der Waals surface area contributed by atoms with E-state index in [1.807, 2.05) is 34.6 Å². The predicted molar refractivity (Wildman–Crippen MR) is 114 cm³/mol. The summed E-state index contributed by atoms with van der Waals surface area (Å²) in [6.45, 7) is 22.5. The van der Waals surface area contributed by atoms with Crippen molar-refractivity contribution in [1.82, 2.24) is 9.55 Å². The van der Waals surface area contributed by atoms with Crippen molar-refractivity contribution < 1.29 is 9.53 Å². The van der Waals surface area contributed by atoms with Crippen molar-refractivity contribution in [3.05, 3.63) is 59.2 Å². The monoisotopic (exact) mass is 372 g/mol. The van der Waals surface area contributed by atoms with E-state index >= 15 is 0 Å². The fourth-order valence-electron chi connectivity index (χ4n) is 2.20. The van der Waals surface area contributed by atoms with E-state index in [1.165, 1.54) is 6.08 Å². The quantitative estimate of drug-likeness (QED) is 0.631. The summed E-state index contributed by atoms with van der Waals surface area (Å²) in [7, 11) is 0. The fraction of sp³-hybridized carbons (Fsp3) is 0.409. The molecule has 0 spiro atoms. The zero-order valence-corrected chi connectivity index (χ0v) is 17.8. The normalized spacial score (nSPS) is 10.1. The van der Waals surface area contributed by atoms with Crippen LogP contribution >= 0.6 is 0 Å². The van der Waals surface area contributed by atoms with Crippen LogP contribution in [0.25, 0.3) is 16.5 Å². The highest BCUT2D eigenvalue weighted by atomic mass is 16.6. The van der Waals surface area contributed by atoms with Crippen LogP contribution in [-0.2, 0) is 4.74 Å². The van der Waals surface area contributed by atoms with Crippen molar-refractivity contribution in [3.8, 4) is 0 Å². The number of hydrogen-bond donors (Lipinski definition) is 0. The molecular weight excluding hydrogens is 340 g/mol. The molecule has 0 atom stereocenters. The average Bonchev–Trinajstić information content (AvgIpc) is 2.62. The third-order valence-electron chi connectivity index (χ3n) is 3.30. The molecule has 2 aromatic heterocycles. The van der Waals surface area contributed by atoms with Crippen molar-refractivity contribution in [2.45, 2.75) is 61.0 Å². The van der Waals surface area contributed by atoms with E-state index in [1.54, 1.807) is 39.1 Å². The fourth-order valence-corrected chi connectivity index (χ4v) is 2.20. The second-order valence-electron chi connectivity index (χ2n) is 6.24. The molecular formula is C22H32N2O3. The van der Waals surface area contributed by atoms with Crippen molar-refractivity contribution in [1.29, 1.82) is 0 Å². The largest absolute Gasteiger partial charge is 0.443 e. The van der Waals surface area contributed by atoms with Crippen molar-refractivity contribution >= 4 is 22.6 Å². The maximum absolute atomic E-state index is 12.8. The minimum atomic E-state index is -0.725. The van der Waals surface area contributed by atoms with Crippen LogP contribution in [0.5, 0.6) is 0 Å². The first kappa shape index (κ1) is 24.3. The van der Waals surface area contributed by atoms with Gasteiger partial charge in [-0.25, -0.2) is 9.36 Å². The number of carbonyl (C=O) groups is 1. The highest BCUT2D eigenvalue weighted by Crippen LogP contribution is 2.21. The molecule has 0 fully saturated rings. The molecule has 0 aliphatic carbocycles. The molecule has 0 radical (unpaired) electrons. The predicted octanol–water partition coefficient (Wildman–Crippen LogP) is 5.74. The number of rotatable bonds is 2. The van der Waals surface area contributed by atoms with Crippen LogP contribution in [-0.4, -0.2) is 21.2 Å². The molecule has 0 bridgehead atoms. The molecule has 0 N–H and O–H groups in total. The van der Waals surface area contributed by atoms with Crippen LogP contribution in [0.2, 0.25) is 0 Å².